The summed E-state index contributed by atoms with van der Waals surface area (Å²) in [5.41, 5.74) is 6.11. The van der Waals surface area contributed by atoms with Gasteiger partial charge in [0.1, 0.15) is 17.6 Å². The average Bonchev–Trinajstić information content (AvgIpc) is 3.04. The summed E-state index contributed by atoms with van der Waals surface area (Å²) in [6.45, 7) is 5.90. The van der Waals surface area contributed by atoms with Gasteiger partial charge in [0.2, 0.25) is 0 Å². The fourth-order valence-corrected chi connectivity index (χ4v) is 5.61. The van der Waals surface area contributed by atoms with Crippen molar-refractivity contribution in [2.45, 2.75) is 6.54 Å². The van der Waals surface area contributed by atoms with Crippen LogP contribution in [-0.4, -0.2) is 59.2 Å². The number of nitriles is 1. The van der Waals surface area contributed by atoms with Gasteiger partial charge in [0.25, 0.3) is 0 Å². The second kappa shape index (κ2) is 13.2. The largest absolute Gasteiger partial charge is 0.456 e. The van der Waals surface area contributed by atoms with Gasteiger partial charge in [-0.3, -0.25) is 14.8 Å². The Labute approximate surface area is 256 Å². The summed E-state index contributed by atoms with van der Waals surface area (Å²) in [5.74, 6) is 1.26. The maximum absolute atomic E-state index is 9.84. The Balaban J connectivity index is 1.18. The smallest absolute Gasteiger partial charge is 0.146 e. The Morgan fingerprint density at radius 3 is 2.35 bits per heavy atom. The molecule has 1 aromatic heterocycles. The number of aliphatic hydroxyl groups is 1. The molecule has 1 fully saturated rings. The molecule has 4 aromatic carbocycles. The van der Waals surface area contributed by atoms with Gasteiger partial charge in [-0.05, 0) is 53.1 Å². The summed E-state index contributed by atoms with van der Waals surface area (Å²) < 4.78 is 5.91. The molecular formula is C35H32ClN5O2. The molecule has 7 nitrogen and oxygen atoms in total. The molecule has 1 saturated heterocycles. The van der Waals surface area contributed by atoms with Crippen LogP contribution < -0.4 is 10.1 Å². The number of aromatic nitrogens is 1. The number of hydrogen-bond donors (Lipinski definition) is 2. The number of halogens is 1. The number of ether oxygens (including phenoxy) is 1. The van der Waals surface area contributed by atoms with Gasteiger partial charge >= 0.3 is 0 Å². The van der Waals surface area contributed by atoms with E-state index in [0.717, 1.165) is 67.0 Å². The van der Waals surface area contributed by atoms with Crippen LogP contribution in [-0.2, 0) is 6.54 Å². The van der Waals surface area contributed by atoms with Crippen molar-refractivity contribution in [3.63, 3.8) is 0 Å². The van der Waals surface area contributed by atoms with Crippen LogP contribution in [0.4, 0.5) is 11.4 Å². The molecule has 0 saturated carbocycles. The first-order valence-electron chi connectivity index (χ1n) is 14.4. The zero-order chi connectivity index (χ0) is 29.6. The van der Waals surface area contributed by atoms with Crippen LogP contribution in [0.25, 0.3) is 22.0 Å². The number of nitrogens with one attached hydrogen (secondary N) is 1. The van der Waals surface area contributed by atoms with Gasteiger partial charge in [-0.2, -0.15) is 5.26 Å². The number of anilines is 2. The number of nitrogens with zero attached hydrogens (tertiary/aromatic N) is 4. The van der Waals surface area contributed by atoms with Crippen LogP contribution in [0, 0.1) is 11.3 Å². The van der Waals surface area contributed by atoms with Crippen LogP contribution in [0.5, 0.6) is 11.5 Å². The lowest BCUT2D eigenvalue weighted by molar-refractivity contribution is 0.108. The highest BCUT2D eigenvalue weighted by atomic mass is 35.5. The molecule has 0 radical (unpaired) electrons. The van der Waals surface area contributed by atoms with Gasteiger partial charge in [0.15, 0.2) is 0 Å². The van der Waals surface area contributed by atoms with Gasteiger partial charge in [-0.25, -0.2) is 0 Å². The summed E-state index contributed by atoms with van der Waals surface area (Å²) in [4.78, 5) is 9.36. The number of fused-ring (bicyclic) bond motifs is 1. The van der Waals surface area contributed by atoms with Gasteiger partial charge in [0, 0.05) is 56.5 Å². The van der Waals surface area contributed by atoms with E-state index >= 15 is 0 Å². The van der Waals surface area contributed by atoms with Crippen LogP contribution in [0.1, 0.15) is 11.1 Å². The number of para-hydroxylation sites is 1. The molecule has 0 atom stereocenters. The molecule has 43 heavy (non-hydrogen) atoms. The fourth-order valence-electron chi connectivity index (χ4n) is 5.39. The fraction of sp³-hybridized carbons (Fsp3) is 0.200. The van der Waals surface area contributed by atoms with E-state index in [1.807, 2.05) is 48.5 Å². The lowest BCUT2D eigenvalue weighted by Gasteiger charge is -2.34. The molecule has 1 aliphatic rings. The number of pyridine rings is 1. The average molecular weight is 590 g/mol. The van der Waals surface area contributed by atoms with Crippen LogP contribution in [0.15, 0.2) is 97.2 Å². The lowest BCUT2D eigenvalue weighted by atomic mass is 10.0. The van der Waals surface area contributed by atoms with Crippen molar-refractivity contribution >= 4 is 33.9 Å². The summed E-state index contributed by atoms with van der Waals surface area (Å²) >= 11 is 6.55. The zero-order valence-electron chi connectivity index (χ0n) is 23.7. The molecule has 0 spiro atoms. The van der Waals surface area contributed by atoms with Gasteiger partial charge in [0.05, 0.1) is 28.4 Å². The minimum Gasteiger partial charge on any atom is -0.456 e. The SMILES string of the molecule is N#Cc1cnc2cc(-c3ccc(CN4CCN(CCO)CC4)cc3)ccc2c1Nc1ccc(Oc2ccccc2)c(Cl)c1. The van der Waals surface area contributed by atoms with Crippen molar-refractivity contribution in [2.24, 2.45) is 0 Å². The highest BCUT2D eigenvalue weighted by Gasteiger charge is 2.17. The molecular weight excluding hydrogens is 558 g/mol. The predicted molar refractivity (Wildman–Crippen MR) is 172 cm³/mol. The molecule has 0 amide bonds. The number of aliphatic hydroxyl groups excluding tert-OH is 1. The third kappa shape index (κ3) is 6.80. The highest BCUT2D eigenvalue weighted by molar-refractivity contribution is 6.32. The highest BCUT2D eigenvalue weighted by Crippen LogP contribution is 2.35. The monoisotopic (exact) mass is 589 g/mol. The van der Waals surface area contributed by atoms with Crippen molar-refractivity contribution < 1.29 is 9.84 Å². The third-order valence-electron chi connectivity index (χ3n) is 7.74. The van der Waals surface area contributed by atoms with Crippen molar-refractivity contribution in [1.82, 2.24) is 14.8 Å². The normalized spacial score (nSPS) is 14.0. The quantitative estimate of drug-likeness (QED) is 0.190. The van der Waals surface area contributed by atoms with E-state index in [-0.39, 0.29) is 6.61 Å². The molecule has 1 aliphatic heterocycles. The molecule has 6 rings (SSSR count). The maximum Gasteiger partial charge on any atom is 0.146 e. The van der Waals surface area contributed by atoms with Crippen LogP contribution in [0.2, 0.25) is 5.02 Å². The van der Waals surface area contributed by atoms with Crippen LogP contribution >= 0.6 is 11.6 Å². The lowest BCUT2D eigenvalue weighted by Crippen LogP contribution is -2.46. The van der Waals surface area contributed by atoms with Gasteiger partial charge in [-0.15, -0.1) is 0 Å². The molecule has 0 unspecified atom stereocenters. The first kappa shape index (κ1) is 28.7. The second-order valence-corrected chi connectivity index (χ2v) is 11.0. The number of piperazine rings is 1. The van der Waals surface area contributed by atoms with E-state index < -0.39 is 0 Å². The Kier molecular flexibility index (Phi) is 8.83. The van der Waals surface area contributed by atoms with Crippen molar-refractivity contribution in [2.75, 3.05) is 44.6 Å². The van der Waals surface area contributed by atoms with Crippen molar-refractivity contribution in [3.8, 4) is 28.7 Å². The minimum atomic E-state index is 0.219. The zero-order valence-corrected chi connectivity index (χ0v) is 24.5. The number of β-amino-alcohol motifs (C(OH)–C–C–N with tert-alkyl or cyclic N) is 1. The Bertz CT molecular complexity index is 1750. The second-order valence-electron chi connectivity index (χ2n) is 10.6. The Morgan fingerprint density at radius 1 is 0.884 bits per heavy atom. The summed E-state index contributed by atoms with van der Waals surface area (Å²) in [7, 11) is 0. The van der Waals surface area contributed by atoms with E-state index in [2.05, 4.69) is 62.6 Å². The molecule has 5 aromatic rings. The number of rotatable bonds is 9. The van der Waals surface area contributed by atoms with E-state index in [4.69, 9.17) is 21.4 Å². The first-order valence-corrected chi connectivity index (χ1v) is 14.7. The van der Waals surface area contributed by atoms with Gasteiger partial charge < -0.3 is 15.2 Å². The maximum atomic E-state index is 9.84. The third-order valence-corrected chi connectivity index (χ3v) is 8.03. The van der Waals surface area contributed by atoms with E-state index in [9.17, 15) is 5.26 Å². The molecule has 2 N–H and O–H groups in total. The van der Waals surface area contributed by atoms with Crippen molar-refractivity contribution in [1.29, 1.82) is 5.26 Å². The number of hydrogen-bond acceptors (Lipinski definition) is 7. The molecule has 0 bridgehead atoms. The molecule has 0 aliphatic carbocycles. The predicted octanol–water partition coefficient (Wildman–Crippen LogP) is 7.07. The summed E-state index contributed by atoms with van der Waals surface area (Å²) in [6, 6.07) is 32.0. The van der Waals surface area contributed by atoms with Crippen LogP contribution in [0.3, 0.4) is 0 Å². The standard InChI is InChI=1S/C35H32ClN5O2/c36-32-21-29(11-13-34(32)43-30-4-2-1-3-5-30)39-35-28(22-37)23-38-33-20-27(10-12-31(33)35)26-8-6-25(7-9-26)24-41-16-14-40(15-17-41)18-19-42/h1-13,20-21,23,42H,14-19,24H2,(H,38,39). The Hall–Kier alpha value is -4.45. The summed E-state index contributed by atoms with van der Waals surface area (Å²) in [5, 5.41) is 23.7. The van der Waals surface area contributed by atoms with E-state index in [0.29, 0.717) is 27.8 Å². The molecule has 216 valence electrons. The molecule has 2 heterocycles. The summed E-state index contributed by atoms with van der Waals surface area (Å²) in [6.07, 6.45) is 1.60. The first-order chi connectivity index (χ1) is 21.1. The number of benzene rings is 4. The van der Waals surface area contributed by atoms with E-state index in [1.54, 1.807) is 12.3 Å². The molecule has 8 heteroatoms. The Morgan fingerprint density at radius 2 is 1.63 bits per heavy atom. The minimum absolute atomic E-state index is 0.219. The van der Waals surface area contributed by atoms with Gasteiger partial charge in [-0.1, -0.05) is 66.2 Å². The van der Waals surface area contributed by atoms with Crippen molar-refractivity contribution in [3.05, 3.63) is 113 Å². The topological polar surface area (TPSA) is 84.7 Å². The van der Waals surface area contributed by atoms with E-state index in [1.165, 1.54) is 5.56 Å².